The minimum atomic E-state index is 0.185. The van der Waals surface area contributed by atoms with E-state index >= 15 is 0 Å². The highest BCUT2D eigenvalue weighted by Crippen LogP contribution is 2.18. The molecule has 1 amide bonds. The Morgan fingerprint density at radius 2 is 2.36 bits per heavy atom. The molecule has 1 heterocycles. The lowest BCUT2D eigenvalue weighted by Gasteiger charge is -2.11. The molecule has 1 saturated heterocycles. The van der Waals surface area contributed by atoms with Crippen molar-refractivity contribution in [1.29, 1.82) is 0 Å². The van der Waals surface area contributed by atoms with Crippen molar-refractivity contribution in [3.8, 4) is 0 Å². The molecule has 0 atom stereocenters. The molecular weight excluding hydrogens is 160 g/mol. The molecule has 1 aliphatic heterocycles. The number of thioether (sulfide) groups is 1. The van der Waals surface area contributed by atoms with Crippen LogP contribution in [0.3, 0.4) is 0 Å². The molecular formula is C7H12N2OS. The van der Waals surface area contributed by atoms with Crippen LogP contribution in [-0.2, 0) is 4.79 Å². The average Bonchev–Trinajstić information content (AvgIpc) is 2.33. The van der Waals surface area contributed by atoms with Crippen LogP contribution in [0.2, 0.25) is 0 Å². The molecule has 11 heavy (non-hydrogen) atoms. The van der Waals surface area contributed by atoms with Crippen LogP contribution < -0.4 is 0 Å². The zero-order valence-electron chi connectivity index (χ0n) is 6.83. The predicted octanol–water partition coefficient (Wildman–Crippen LogP) is 0.958. The number of amidine groups is 1. The summed E-state index contributed by atoms with van der Waals surface area (Å²) in [5.74, 6) is 0.747. The Balaban J connectivity index is 2.68. The smallest absolute Gasteiger partial charge is 0.239 e. The Hall–Kier alpha value is -0.510. The van der Waals surface area contributed by atoms with E-state index in [2.05, 4.69) is 4.99 Å². The fraction of sp³-hybridized carbons (Fsp3) is 0.714. The van der Waals surface area contributed by atoms with Gasteiger partial charge in [-0.3, -0.25) is 14.7 Å². The maximum absolute atomic E-state index is 11.1. The first-order valence-electron chi connectivity index (χ1n) is 3.77. The van der Waals surface area contributed by atoms with E-state index in [4.69, 9.17) is 0 Å². The lowest BCUT2D eigenvalue weighted by molar-refractivity contribution is -0.123. The zero-order chi connectivity index (χ0) is 8.27. The summed E-state index contributed by atoms with van der Waals surface area (Å²) in [5.41, 5.74) is 0. The van der Waals surface area contributed by atoms with E-state index in [1.807, 2.05) is 13.8 Å². The fourth-order valence-electron chi connectivity index (χ4n) is 0.967. The van der Waals surface area contributed by atoms with Gasteiger partial charge in [-0.2, -0.15) is 0 Å². The number of hydrogen-bond donors (Lipinski definition) is 0. The van der Waals surface area contributed by atoms with Crippen LogP contribution in [-0.4, -0.2) is 34.8 Å². The summed E-state index contributed by atoms with van der Waals surface area (Å²) in [6.45, 7) is 5.44. The van der Waals surface area contributed by atoms with Crippen molar-refractivity contribution in [2.75, 3.05) is 18.8 Å². The van der Waals surface area contributed by atoms with Gasteiger partial charge in [-0.25, -0.2) is 0 Å². The van der Waals surface area contributed by atoms with Crippen LogP contribution in [0, 0.1) is 0 Å². The number of rotatable bonds is 2. The lowest BCUT2D eigenvalue weighted by Crippen LogP contribution is -2.29. The van der Waals surface area contributed by atoms with Crippen LogP contribution >= 0.6 is 11.8 Å². The number of amides is 1. The Labute approximate surface area is 70.9 Å². The summed E-state index contributed by atoms with van der Waals surface area (Å²) >= 11 is 1.53. The van der Waals surface area contributed by atoms with Gasteiger partial charge in [-0.15, -0.1) is 0 Å². The van der Waals surface area contributed by atoms with Gasteiger partial charge in [0, 0.05) is 13.1 Å². The highest BCUT2D eigenvalue weighted by Gasteiger charge is 2.25. The van der Waals surface area contributed by atoms with Crippen molar-refractivity contribution in [2.24, 2.45) is 4.99 Å². The van der Waals surface area contributed by atoms with Crippen LogP contribution in [0.1, 0.15) is 13.8 Å². The molecule has 0 aromatic heterocycles. The summed E-state index contributed by atoms with van der Waals surface area (Å²) in [7, 11) is 0. The van der Waals surface area contributed by atoms with E-state index in [9.17, 15) is 4.79 Å². The molecule has 0 N–H and O–H groups in total. The van der Waals surface area contributed by atoms with E-state index in [1.165, 1.54) is 11.8 Å². The van der Waals surface area contributed by atoms with E-state index in [1.54, 1.807) is 4.90 Å². The molecule has 1 fully saturated rings. The summed E-state index contributed by atoms with van der Waals surface area (Å²) < 4.78 is 0. The van der Waals surface area contributed by atoms with Crippen molar-refractivity contribution in [3.63, 3.8) is 0 Å². The first kappa shape index (κ1) is 8.59. The summed E-state index contributed by atoms with van der Waals surface area (Å²) in [5, 5.41) is 0.889. The molecule has 62 valence electrons. The van der Waals surface area contributed by atoms with E-state index in [0.717, 1.165) is 18.3 Å². The van der Waals surface area contributed by atoms with Crippen molar-refractivity contribution >= 4 is 22.8 Å². The molecule has 3 nitrogen and oxygen atoms in total. The van der Waals surface area contributed by atoms with Crippen molar-refractivity contribution in [1.82, 2.24) is 4.90 Å². The van der Waals surface area contributed by atoms with Crippen LogP contribution in [0.25, 0.3) is 0 Å². The van der Waals surface area contributed by atoms with E-state index < -0.39 is 0 Å². The van der Waals surface area contributed by atoms with Gasteiger partial charge in [0.2, 0.25) is 5.91 Å². The number of carbonyl (C=O) groups is 1. The van der Waals surface area contributed by atoms with Crippen LogP contribution in [0.15, 0.2) is 4.99 Å². The number of hydrogen-bond acceptors (Lipinski definition) is 3. The minimum Gasteiger partial charge on any atom is -0.291 e. The Morgan fingerprint density at radius 1 is 1.64 bits per heavy atom. The number of aliphatic imine (C=N–C) groups is 1. The molecule has 0 bridgehead atoms. The predicted molar refractivity (Wildman–Crippen MR) is 47.8 cm³/mol. The SMILES string of the molecule is CCN=C1SCC(=O)N1CC. The molecule has 1 aliphatic rings. The van der Waals surface area contributed by atoms with Gasteiger partial charge >= 0.3 is 0 Å². The topological polar surface area (TPSA) is 32.7 Å². The van der Waals surface area contributed by atoms with Crippen molar-refractivity contribution in [2.45, 2.75) is 13.8 Å². The Bertz CT molecular complexity index is 191. The third-order valence-electron chi connectivity index (χ3n) is 1.47. The minimum absolute atomic E-state index is 0.185. The van der Waals surface area contributed by atoms with E-state index in [0.29, 0.717) is 5.75 Å². The second-order valence-corrected chi connectivity index (χ2v) is 3.13. The third-order valence-corrected chi connectivity index (χ3v) is 2.47. The van der Waals surface area contributed by atoms with Gasteiger partial charge < -0.3 is 0 Å². The van der Waals surface area contributed by atoms with Crippen LogP contribution in [0.5, 0.6) is 0 Å². The van der Waals surface area contributed by atoms with Gasteiger partial charge in [0.1, 0.15) is 0 Å². The number of nitrogens with zero attached hydrogens (tertiary/aromatic N) is 2. The average molecular weight is 172 g/mol. The molecule has 0 spiro atoms. The number of carbonyl (C=O) groups excluding carboxylic acids is 1. The normalized spacial score (nSPS) is 21.8. The van der Waals surface area contributed by atoms with Gasteiger partial charge in [0.25, 0.3) is 0 Å². The standard InChI is InChI=1S/C7H12N2OS/c1-3-8-7-9(4-2)6(10)5-11-7/h3-5H2,1-2H3. The fourth-order valence-corrected chi connectivity index (χ4v) is 1.98. The van der Waals surface area contributed by atoms with Gasteiger partial charge in [-0.1, -0.05) is 11.8 Å². The van der Waals surface area contributed by atoms with E-state index in [-0.39, 0.29) is 5.91 Å². The molecule has 0 aliphatic carbocycles. The van der Waals surface area contributed by atoms with Crippen molar-refractivity contribution < 1.29 is 4.79 Å². The molecule has 0 aromatic carbocycles. The first-order valence-corrected chi connectivity index (χ1v) is 4.75. The summed E-state index contributed by atoms with van der Waals surface area (Å²) in [4.78, 5) is 17.1. The molecule has 0 radical (unpaired) electrons. The largest absolute Gasteiger partial charge is 0.291 e. The quantitative estimate of drug-likeness (QED) is 0.621. The molecule has 0 aromatic rings. The zero-order valence-corrected chi connectivity index (χ0v) is 7.65. The molecule has 0 saturated carbocycles. The monoisotopic (exact) mass is 172 g/mol. The third kappa shape index (κ3) is 1.74. The Morgan fingerprint density at radius 3 is 2.91 bits per heavy atom. The molecule has 4 heteroatoms. The highest BCUT2D eigenvalue weighted by atomic mass is 32.2. The molecule has 1 rings (SSSR count). The van der Waals surface area contributed by atoms with Gasteiger partial charge in [0.15, 0.2) is 5.17 Å². The van der Waals surface area contributed by atoms with Crippen LogP contribution in [0.4, 0.5) is 0 Å². The first-order chi connectivity index (χ1) is 5.29. The van der Waals surface area contributed by atoms with Crippen molar-refractivity contribution in [3.05, 3.63) is 0 Å². The summed E-state index contributed by atoms with van der Waals surface area (Å²) in [6, 6.07) is 0. The maximum atomic E-state index is 11.1. The van der Waals surface area contributed by atoms with Gasteiger partial charge in [0.05, 0.1) is 5.75 Å². The highest BCUT2D eigenvalue weighted by molar-refractivity contribution is 8.15. The summed E-state index contributed by atoms with van der Waals surface area (Å²) in [6.07, 6.45) is 0. The molecule has 0 unspecified atom stereocenters. The maximum Gasteiger partial charge on any atom is 0.239 e. The second kappa shape index (κ2) is 3.76. The Kier molecular flexibility index (Phi) is 2.93. The van der Waals surface area contributed by atoms with Gasteiger partial charge in [-0.05, 0) is 13.8 Å². The lowest BCUT2D eigenvalue weighted by atomic mass is 10.5. The second-order valence-electron chi connectivity index (χ2n) is 2.18.